The van der Waals surface area contributed by atoms with Gasteiger partial charge >= 0.3 is 0 Å². The Morgan fingerprint density at radius 3 is 2.43 bits per heavy atom. The van der Waals surface area contributed by atoms with Crippen LogP contribution in [0.15, 0.2) is 47.6 Å². The van der Waals surface area contributed by atoms with Gasteiger partial charge in [0.25, 0.3) is 5.91 Å². The second-order valence-electron chi connectivity index (χ2n) is 5.76. The largest absolute Gasteiger partial charge is 0.502 e. The minimum absolute atomic E-state index is 0.0993. The van der Waals surface area contributed by atoms with E-state index in [0.29, 0.717) is 11.3 Å². The predicted molar refractivity (Wildman–Crippen MR) is 109 cm³/mol. The van der Waals surface area contributed by atoms with Crippen LogP contribution in [0.5, 0.6) is 17.2 Å². The number of nitrogens with zero attached hydrogens (tertiary/aromatic N) is 2. The first-order chi connectivity index (χ1) is 13.5. The number of rotatable bonds is 6. The maximum absolute atomic E-state index is 12.4. The Balaban J connectivity index is 1.75. The van der Waals surface area contributed by atoms with Crippen LogP contribution in [0.4, 0.5) is 0 Å². The van der Waals surface area contributed by atoms with E-state index in [4.69, 9.17) is 9.47 Å². The Morgan fingerprint density at radius 1 is 1.18 bits per heavy atom. The van der Waals surface area contributed by atoms with Crippen LogP contribution in [0, 0.1) is 6.92 Å². The molecule has 2 N–H and O–H groups in total. The number of nitrogens with one attached hydrogen (secondary N) is 1. The lowest BCUT2D eigenvalue weighted by Crippen LogP contribution is -2.19. The molecule has 0 aliphatic heterocycles. The van der Waals surface area contributed by atoms with E-state index < -0.39 is 5.91 Å². The minimum Gasteiger partial charge on any atom is -0.502 e. The zero-order valence-corrected chi connectivity index (χ0v) is 16.4. The number of hydrogen-bond donors (Lipinski definition) is 2. The number of phenols is 1. The average molecular weight is 397 g/mol. The van der Waals surface area contributed by atoms with Crippen molar-refractivity contribution in [1.82, 2.24) is 10.4 Å². The van der Waals surface area contributed by atoms with Gasteiger partial charge in [0, 0.05) is 16.0 Å². The maximum Gasteiger partial charge on any atom is 0.291 e. The Bertz CT molecular complexity index is 991. The number of amides is 1. The summed E-state index contributed by atoms with van der Waals surface area (Å²) in [6, 6.07) is 12.8. The van der Waals surface area contributed by atoms with E-state index in [1.807, 2.05) is 37.3 Å². The van der Waals surface area contributed by atoms with E-state index in [1.54, 1.807) is 12.1 Å². The summed E-state index contributed by atoms with van der Waals surface area (Å²) in [5, 5.41) is 14.7. The van der Waals surface area contributed by atoms with Crippen molar-refractivity contribution in [2.75, 3.05) is 14.2 Å². The molecule has 1 aromatic heterocycles. The van der Waals surface area contributed by atoms with Crippen molar-refractivity contribution in [1.29, 1.82) is 0 Å². The van der Waals surface area contributed by atoms with Crippen LogP contribution in [0.3, 0.4) is 0 Å². The van der Waals surface area contributed by atoms with E-state index >= 15 is 0 Å². The molecule has 0 bridgehead atoms. The van der Waals surface area contributed by atoms with Gasteiger partial charge in [0.15, 0.2) is 11.5 Å². The molecular weight excluding hydrogens is 378 g/mol. The van der Waals surface area contributed by atoms with E-state index in [0.717, 1.165) is 15.4 Å². The number of hydrogen-bond acceptors (Lipinski definition) is 7. The van der Waals surface area contributed by atoms with Crippen molar-refractivity contribution >= 4 is 23.5 Å². The van der Waals surface area contributed by atoms with Crippen LogP contribution in [-0.2, 0) is 0 Å². The Hall–Kier alpha value is -3.39. The van der Waals surface area contributed by atoms with Gasteiger partial charge in [0.1, 0.15) is 10.7 Å². The zero-order valence-electron chi connectivity index (χ0n) is 15.6. The third-order valence-corrected chi connectivity index (χ3v) is 4.93. The van der Waals surface area contributed by atoms with Gasteiger partial charge in [0.2, 0.25) is 5.75 Å². The molecule has 3 rings (SSSR count). The molecule has 1 heterocycles. The predicted octanol–water partition coefficient (Wildman–Crippen LogP) is 3.61. The quantitative estimate of drug-likeness (QED) is 0.490. The van der Waals surface area contributed by atoms with Crippen molar-refractivity contribution in [3.05, 3.63) is 58.6 Å². The fourth-order valence-electron chi connectivity index (χ4n) is 2.52. The smallest absolute Gasteiger partial charge is 0.291 e. The van der Waals surface area contributed by atoms with Gasteiger partial charge in [-0.25, -0.2) is 10.4 Å². The number of ether oxygens (including phenoxy) is 2. The summed E-state index contributed by atoms with van der Waals surface area (Å²) in [4.78, 5) is 17.7. The highest BCUT2D eigenvalue weighted by atomic mass is 32.1. The number of phenolic OH excluding ortho intramolecular Hbond substituents is 1. The summed E-state index contributed by atoms with van der Waals surface area (Å²) < 4.78 is 10.2. The lowest BCUT2D eigenvalue weighted by molar-refractivity contribution is 0.0950. The summed E-state index contributed by atoms with van der Waals surface area (Å²) in [5.41, 5.74) is 4.36. The van der Waals surface area contributed by atoms with Gasteiger partial charge in [-0.2, -0.15) is 5.10 Å². The third kappa shape index (κ3) is 4.12. The van der Waals surface area contributed by atoms with Gasteiger partial charge < -0.3 is 14.6 Å². The number of aryl methyl sites for hydroxylation is 1. The van der Waals surface area contributed by atoms with Crippen LogP contribution < -0.4 is 14.9 Å². The number of thiazole rings is 1. The van der Waals surface area contributed by atoms with Crippen LogP contribution in [-0.4, -0.2) is 36.4 Å². The average Bonchev–Trinajstić information content (AvgIpc) is 3.11. The maximum atomic E-state index is 12.4. The normalized spacial score (nSPS) is 10.8. The second kappa shape index (κ2) is 8.53. The van der Waals surface area contributed by atoms with Crippen LogP contribution in [0.2, 0.25) is 0 Å². The van der Waals surface area contributed by atoms with Gasteiger partial charge in [-0.15, -0.1) is 11.3 Å². The van der Waals surface area contributed by atoms with Crippen molar-refractivity contribution in [3.63, 3.8) is 0 Å². The van der Waals surface area contributed by atoms with Crippen molar-refractivity contribution in [3.8, 4) is 27.8 Å². The Labute approximate surface area is 166 Å². The molecule has 1 amide bonds. The SMILES string of the molecule is COc1cc(/C=N\NC(=O)c2nc(-c3ccccc3)sc2C)cc(OC)c1O. The molecule has 0 fully saturated rings. The van der Waals surface area contributed by atoms with E-state index in [-0.39, 0.29) is 17.2 Å². The molecule has 7 nitrogen and oxygen atoms in total. The molecule has 28 heavy (non-hydrogen) atoms. The minimum atomic E-state index is -0.398. The molecule has 0 saturated carbocycles. The first-order valence-corrected chi connectivity index (χ1v) is 9.16. The molecule has 0 aliphatic rings. The number of carbonyl (C=O) groups is 1. The molecule has 8 heteroatoms. The van der Waals surface area contributed by atoms with Gasteiger partial charge in [0.05, 0.1) is 20.4 Å². The number of carbonyl (C=O) groups excluding carboxylic acids is 1. The molecule has 144 valence electrons. The highest BCUT2D eigenvalue weighted by Gasteiger charge is 2.16. The highest BCUT2D eigenvalue weighted by molar-refractivity contribution is 7.15. The summed E-state index contributed by atoms with van der Waals surface area (Å²) in [7, 11) is 2.87. The van der Waals surface area contributed by atoms with Gasteiger partial charge in [-0.1, -0.05) is 30.3 Å². The molecular formula is C20H19N3O4S. The zero-order chi connectivity index (χ0) is 20.1. The fourth-order valence-corrected chi connectivity index (χ4v) is 3.43. The van der Waals surface area contributed by atoms with Gasteiger partial charge in [-0.05, 0) is 19.1 Å². The fraction of sp³-hybridized carbons (Fsp3) is 0.150. The van der Waals surface area contributed by atoms with E-state index in [2.05, 4.69) is 15.5 Å². The standard InChI is InChI=1S/C20H19N3O4S/c1-12-17(22-20(28-12)14-7-5-4-6-8-14)19(25)23-21-11-13-9-15(26-2)18(24)16(10-13)27-3/h4-11,24H,1-3H3,(H,23,25)/b21-11-. The molecule has 0 unspecified atom stereocenters. The van der Waals surface area contributed by atoms with Crippen molar-refractivity contribution in [2.24, 2.45) is 5.10 Å². The number of hydrazone groups is 1. The van der Waals surface area contributed by atoms with Crippen LogP contribution in [0.25, 0.3) is 10.6 Å². The van der Waals surface area contributed by atoms with Gasteiger partial charge in [-0.3, -0.25) is 4.79 Å². The first-order valence-electron chi connectivity index (χ1n) is 8.34. The molecule has 2 aromatic carbocycles. The van der Waals surface area contributed by atoms with Crippen LogP contribution >= 0.6 is 11.3 Å². The highest BCUT2D eigenvalue weighted by Crippen LogP contribution is 2.36. The molecule has 0 radical (unpaired) electrons. The molecule has 0 saturated heterocycles. The first kappa shape index (κ1) is 19.4. The topological polar surface area (TPSA) is 93.0 Å². The number of methoxy groups -OCH3 is 2. The van der Waals surface area contributed by atoms with E-state index in [9.17, 15) is 9.90 Å². The molecule has 0 atom stereocenters. The number of aromatic nitrogens is 1. The molecule has 0 aliphatic carbocycles. The molecule has 0 spiro atoms. The van der Waals surface area contributed by atoms with Crippen molar-refractivity contribution < 1.29 is 19.4 Å². The third-order valence-electron chi connectivity index (χ3n) is 3.91. The van der Waals surface area contributed by atoms with Crippen molar-refractivity contribution in [2.45, 2.75) is 6.92 Å². The monoisotopic (exact) mass is 397 g/mol. The Kier molecular flexibility index (Phi) is 5.90. The summed E-state index contributed by atoms with van der Waals surface area (Å²) in [5.74, 6) is -0.00688. The number of benzene rings is 2. The second-order valence-corrected chi connectivity index (χ2v) is 6.97. The summed E-state index contributed by atoms with van der Waals surface area (Å²) in [6.45, 7) is 1.85. The lowest BCUT2D eigenvalue weighted by Gasteiger charge is -2.09. The number of aromatic hydroxyl groups is 1. The van der Waals surface area contributed by atoms with Crippen LogP contribution in [0.1, 0.15) is 20.9 Å². The lowest BCUT2D eigenvalue weighted by atomic mass is 10.2. The van der Waals surface area contributed by atoms with E-state index in [1.165, 1.54) is 31.8 Å². The summed E-state index contributed by atoms with van der Waals surface area (Å²) >= 11 is 1.45. The Morgan fingerprint density at radius 2 is 1.82 bits per heavy atom. The molecule has 3 aromatic rings. The summed E-state index contributed by atoms with van der Waals surface area (Å²) in [6.07, 6.45) is 1.43.